The number of carbonyl (C=O) groups excluding carboxylic acids is 1. The van der Waals surface area contributed by atoms with Crippen LogP contribution in [0.2, 0.25) is 0 Å². The minimum atomic E-state index is -0.283. The summed E-state index contributed by atoms with van der Waals surface area (Å²) in [4.78, 5) is 24.4. The molecule has 0 saturated heterocycles. The maximum Gasteiger partial charge on any atom is 0.273 e. The van der Waals surface area contributed by atoms with Gasteiger partial charge in [0, 0.05) is 42.3 Å². The van der Waals surface area contributed by atoms with E-state index in [0.29, 0.717) is 23.3 Å². The van der Waals surface area contributed by atoms with Crippen molar-refractivity contribution >= 4 is 16.8 Å². The Morgan fingerprint density at radius 3 is 2.61 bits per heavy atom. The number of phenols is 1. The molecule has 0 aliphatic rings. The standard InChI is InChI=1S/C25H27N5O3/c1-5-30-16(3)18(12-26-30)13-29(4)25(33)23-21-11-19(32)8-9-22(21)27-24(28-23)20-10-17(14-31)7-6-15(20)2/h6-12,31-32H,5,13-14H2,1-4H3. The van der Waals surface area contributed by atoms with Crippen LogP contribution in [0.25, 0.3) is 22.3 Å². The number of aliphatic hydroxyl groups is 1. The summed E-state index contributed by atoms with van der Waals surface area (Å²) in [6.45, 7) is 6.97. The van der Waals surface area contributed by atoms with Crippen LogP contribution in [0.1, 0.15) is 39.8 Å². The number of phenolic OH excluding ortho intramolecular Hbond substituents is 1. The number of amides is 1. The molecule has 0 radical (unpaired) electrons. The average molecular weight is 446 g/mol. The molecule has 8 heteroatoms. The van der Waals surface area contributed by atoms with Gasteiger partial charge in [0.05, 0.1) is 18.3 Å². The van der Waals surface area contributed by atoms with Crippen LogP contribution in [0.15, 0.2) is 42.6 Å². The summed E-state index contributed by atoms with van der Waals surface area (Å²) in [7, 11) is 1.72. The predicted molar refractivity (Wildman–Crippen MR) is 126 cm³/mol. The first-order valence-electron chi connectivity index (χ1n) is 10.8. The lowest BCUT2D eigenvalue weighted by molar-refractivity contribution is 0.0781. The molecule has 8 nitrogen and oxygen atoms in total. The molecule has 2 N–H and O–H groups in total. The fourth-order valence-electron chi connectivity index (χ4n) is 3.88. The highest BCUT2D eigenvalue weighted by atomic mass is 16.3. The van der Waals surface area contributed by atoms with Gasteiger partial charge in [-0.1, -0.05) is 12.1 Å². The van der Waals surface area contributed by atoms with Gasteiger partial charge in [0.2, 0.25) is 0 Å². The molecule has 0 saturated carbocycles. The second kappa shape index (κ2) is 8.99. The van der Waals surface area contributed by atoms with Crippen LogP contribution < -0.4 is 0 Å². The Bertz CT molecular complexity index is 1350. The Kier molecular flexibility index (Phi) is 6.11. The van der Waals surface area contributed by atoms with Crippen molar-refractivity contribution in [1.29, 1.82) is 0 Å². The first kappa shape index (κ1) is 22.4. The van der Waals surface area contributed by atoms with E-state index >= 15 is 0 Å². The monoisotopic (exact) mass is 445 g/mol. The highest BCUT2D eigenvalue weighted by molar-refractivity contribution is 6.05. The van der Waals surface area contributed by atoms with Gasteiger partial charge in [-0.3, -0.25) is 9.48 Å². The third kappa shape index (κ3) is 4.29. The zero-order valence-electron chi connectivity index (χ0n) is 19.2. The molecular formula is C25H27N5O3. The van der Waals surface area contributed by atoms with Crippen molar-refractivity contribution in [2.45, 2.75) is 40.5 Å². The molecule has 0 aliphatic heterocycles. The van der Waals surface area contributed by atoms with Crippen molar-refractivity contribution in [3.05, 3.63) is 70.7 Å². The van der Waals surface area contributed by atoms with Crippen LogP contribution in [0.4, 0.5) is 0 Å². The van der Waals surface area contributed by atoms with Crippen LogP contribution in [0.3, 0.4) is 0 Å². The first-order chi connectivity index (χ1) is 15.8. The summed E-state index contributed by atoms with van der Waals surface area (Å²) in [6.07, 6.45) is 1.78. The van der Waals surface area contributed by atoms with E-state index in [2.05, 4.69) is 15.1 Å². The molecule has 0 bridgehead atoms. The Balaban J connectivity index is 1.80. The number of aryl methyl sites for hydroxylation is 2. The lowest BCUT2D eigenvalue weighted by Gasteiger charge is -2.18. The van der Waals surface area contributed by atoms with Crippen molar-refractivity contribution in [2.75, 3.05) is 7.05 Å². The third-order valence-electron chi connectivity index (χ3n) is 5.87. The van der Waals surface area contributed by atoms with Gasteiger partial charge in [-0.25, -0.2) is 9.97 Å². The normalized spacial score (nSPS) is 11.2. The van der Waals surface area contributed by atoms with Gasteiger partial charge in [0.25, 0.3) is 5.91 Å². The lowest BCUT2D eigenvalue weighted by Crippen LogP contribution is -2.27. The van der Waals surface area contributed by atoms with Crippen molar-refractivity contribution in [3.63, 3.8) is 0 Å². The van der Waals surface area contributed by atoms with Gasteiger partial charge < -0.3 is 15.1 Å². The van der Waals surface area contributed by atoms with Crippen molar-refractivity contribution in [2.24, 2.45) is 0 Å². The molecule has 0 fully saturated rings. The minimum absolute atomic E-state index is 0.0362. The summed E-state index contributed by atoms with van der Waals surface area (Å²) in [5.41, 5.74) is 5.15. The predicted octanol–water partition coefficient (Wildman–Crippen LogP) is 3.60. The third-order valence-corrected chi connectivity index (χ3v) is 5.87. The van der Waals surface area contributed by atoms with E-state index in [4.69, 9.17) is 0 Å². The fraction of sp³-hybridized carbons (Fsp3) is 0.280. The van der Waals surface area contributed by atoms with Gasteiger partial charge >= 0.3 is 0 Å². The highest BCUT2D eigenvalue weighted by Crippen LogP contribution is 2.28. The number of aromatic hydroxyl groups is 1. The zero-order chi connectivity index (χ0) is 23.7. The first-order valence-corrected chi connectivity index (χ1v) is 10.8. The summed E-state index contributed by atoms with van der Waals surface area (Å²) in [5, 5.41) is 24.5. The van der Waals surface area contributed by atoms with Crippen LogP contribution in [0, 0.1) is 13.8 Å². The number of aliphatic hydroxyl groups excluding tert-OH is 1. The summed E-state index contributed by atoms with van der Waals surface area (Å²) in [6, 6.07) is 10.3. The van der Waals surface area contributed by atoms with Crippen LogP contribution in [-0.2, 0) is 19.7 Å². The molecule has 2 aromatic heterocycles. The number of fused-ring (bicyclic) bond motifs is 1. The maximum atomic E-state index is 13.5. The summed E-state index contributed by atoms with van der Waals surface area (Å²) >= 11 is 0. The van der Waals surface area contributed by atoms with Crippen molar-refractivity contribution in [1.82, 2.24) is 24.6 Å². The number of nitrogens with zero attached hydrogens (tertiary/aromatic N) is 5. The van der Waals surface area contributed by atoms with Gasteiger partial charge in [0.15, 0.2) is 5.82 Å². The molecule has 0 unspecified atom stereocenters. The molecule has 4 rings (SSSR count). The Labute approximate surface area is 192 Å². The van der Waals surface area contributed by atoms with E-state index in [0.717, 1.165) is 34.5 Å². The van der Waals surface area contributed by atoms with Gasteiger partial charge in [0.1, 0.15) is 11.4 Å². The fourth-order valence-corrected chi connectivity index (χ4v) is 3.88. The lowest BCUT2D eigenvalue weighted by atomic mass is 10.0. The second-order valence-corrected chi connectivity index (χ2v) is 8.14. The van der Waals surface area contributed by atoms with Crippen LogP contribution in [0.5, 0.6) is 5.75 Å². The van der Waals surface area contributed by atoms with Gasteiger partial charge in [-0.15, -0.1) is 0 Å². The molecule has 0 atom stereocenters. The topological polar surface area (TPSA) is 104 Å². The SMILES string of the molecule is CCn1ncc(CN(C)C(=O)c2nc(-c3cc(CO)ccc3C)nc3ccc(O)cc23)c1C. The maximum absolute atomic E-state index is 13.5. The zero-order valence-corrected chi connectivity index (χ0v) is 19.2. The van der Waals surface area contributed by atoms with E-state index in [-0.39, 0.29) is 24.0 Å². The van der Waals surface area contributed by atoms with E-state index in [9.17, 15) is 15.0 Å². The van der Waals surface area contributed by atoms with Gasteiger partial charge in [-0.2, -0.15) is 5.10 Å². The molecule has 2 aromatic carbocycles. The number of benzene rings is 2. The Morgan fingerprint density at radius 1 is 1.12 bits per heavy atom. The number of carbonyl (C=O) groups is 1. The summed E-state index contributed by atoms with van der Waals surface area (Å²) < 4.78 is 1.89. The molecule has 0 spiro atoms. The van der Waals surface area contributed by atoms with E-state index in [1.165, 1.54) is 12.1 Å². The number of rotatable bonds is 6. The molecular weight excluding hydrogens is 418 g/mol. The van der Waals surface area contributed by atoms with E-state index < -0.39 is 0 Å². The number of hydrogen-bond donors (Lipinski definition) is 2. The molecule has 2 heterocycles. The smallest absolute Gasteiger partial charge is 0.273 e. The van der Waals surface area contributed by atoms with Gasteiger partial charge in [-0.05, 0) is 56.2 Å². The Morgan fingerprint density at radius 2 is 1.91 bits per heavy atom. The van der Waals surface area contributed by atoms with Crippen molar-refractivity contribution < 1.29 is 15.0 Å². The molecule has 0 aliphatic carbocycles. The average Bonchev–Trinajstić information content (AvgIpc) is 3.17. The van der Waals surface area contributed by atoms with Crippen LogP contribution in [-0.4, -0.2) is 47.8 Å². The number of aromatic nitrogens is 4. The van der Waals surface area contributed by atoms with E-state index in [1.807, 2.05) is 43.7 Å². The quantitative estimate of drug-likeness (QED) is 0.470. The minimum Gasteiger partial charge on any atom is -0.508 e. The second-order valence-electron chi connectivity index (χ2n) is 8.14. The van der Waals surface area contributed by atoms with E-state index in [1.54, 1.807) is 24.2 Å². The summed E-state index contributed by atoms with van der Waals surface area (Å²) in [5.74, 6) is 0.149. The Hall–Kier alpha value is -3.78. The van der Waals surface area contributed by atoms with Crippen molar-refractivity contribution in [3.8, 4) is 17.1 Å². The molecule has 4 aromatic rings. The largest absolute Gasteiger partial charge is 0.508 e. The van der Waals surface area contributed by atoms with Crippen LogP contribution >= 0.6 is 0 Å². The molecule has 1 amide bonds. The number of hydrogen-bond acceptors (Lipinski definition) is 6. The molecule has 170 valence electrons. The molecule has 33 heavy (non-hydrogen) atoms. The highest BCUT2D eigenvalue weighted by Gasteiger charge is 2.22.